The summed E-state index contributed by atoms with van der Waals surface area (Å²) in [6.07, 6.45) is 7.93. The van der Waals surface area contributed by atoms with E-state index in [9.17, 15) is 10.1 Å². The molecular formula is C24H31N5O. The molecule has 2 N–H and O–H groups in total. The van der Waals surface area contributed by atoms with Gasteiger partial charge in [-0.05, 0) is 62.4 Å². The van der Waals surface area contributed by atoms with Crippen LogP contribution in [0, 0.1) is 17.2 Å². The van der Waals surface area contributed by atoms with Gasteiger partial charge in [-0.15, -0.1) is 0 Å². The molecule has 0 bridgehead atoms. The molecule has 1 aromatic heterocycles. The average molecular weight is 406 g/mol. The third kappa shape index (κ3) is 4.73. The highest BCUT2D eigenvalue weighted by Gasteiger charge is 2.27. The van der Waals surface area contributed by atoms with Crippen molar-refractivity contribution in [3.8, 4) is 6.07 Å². The maximum Gasteiger partial charge on any atom is 0.220 e. The minimum Gasteiger partial charge on any atom is -0.369 e. The third-order valence-corrected chi connectivity index (χ3v) is 6.36. The smallest absolute Gasteiger partial charge is 0.220 e. The van der Waals surface area contributed by atoms with Gasteiger partial charge in [0.2, 0.25) is 5.91 Å². The van der Waals surface area contributed by atoms with Crippen LogP contribution in [0.15, 0.2) is 30.5 Å². The Balaban J connectivity index is 1.43. The van der Waals surface area contributed by atoms with Gasteiger partial charge in [-0.2, -0.15) is 5.26 Å². The summed E-state index contributed by atoms with van der Waals surface area (Å²) in [7, 11) is 0. The highest BCUT2D eigenvalue weighted by atomic mass is 16.1. The molecule has 6 nitrogen and oxygen atoms in total. The van der Waals surface area contributed by atoms with E-state index in [-0.39, 0.29) is 11.9 Å². The van der Waals surface area contributed by atoms with E-state index in [1.165, 1.54) is 19.3 Å². The van der Waals surface area contributed by atoms with Gasteiger partial charge in [-0.3, -0.25) is 9.78 Å². The van der Waals surface area contributed by atoms with E-state index in [4.69, 9.17) is 0 Å². The number of nitriles is 1. The number of nitrogens with one attached hydrogen (secondary N) is 2. The normalized spacial score (nSPS) is 24.4. The van der Waals surface area contributed by atoms with Crippen LogP contribution < -0.4 is 15.5 Å². The second-order valence-electron chi connectivity index (χ2n) is 8.84. The molecule has 3 heterocycles. The Labute approximate surface area is 178 Å². The number of fused-ring (bicyclic) bond motifs is 1. The van der Waals surface area contributed by atoms with Gasteiger partial charge in [0.25, 0.3) is 0 Å². The minimum absolute atomic E-state index is 0.142. The molecule has 2 aromatic rings. The van der Waals surface area contributed by atoms with Gasteiger partial charge in [0.15, 0.2) is 0 Å². The van der Waals surface area contributed by atoms with Crippen molar-refractivity contribution in [3.63, 3.8) is 0 Å². The summed E-state index contributed by atoms with van der Waals surface area (Å²) in [4.78, 5) is 19.4. The molecular weight excluding hydrogens is 374 g/mol. The van der Waals surface area contributed by atoms with Crippen LogP contribution in [0.5, 0.6) is 0 Å². The fraction of sp³-hybridized carbons (Fsp3) is 0.542. The summed E-state index contributed by atoms with van der Waals surface area (Å²) in [5.74, 6) is 0.638. The largest absolute Gasteiger partial charge is 0.369 e. The zero-order valence-electron chi connectivity index (χ0n) is 17.7. The standard InChI is InChI=1S/C24H31N5O/c1-17-13-20(28-23(30)10-8-19-5-2-3-11-26-19)16-29(15-17)22-9-7-18(14-25)24-21(22)6-4-12-27-24/h4,6-7,9,12,17,19-20,26H,2-3,5,8,10-11,13,15-16H2,1H3,(H,28,30)/t17-,19?,20+/m0/s1. The number of carbonyl (C=O) groups excluding carboxylic acids is 1. The van der Waals surface area contributed by atoms with E-state index in [0.717, 1.165) is 49.1 Å². The van der Waals surface area contributed by atoms with Crippen LogP contribution in [-0.4, -0.2) is 42.6 Å². The number of pyridine rings is 1. The van der Waals surface area contributed by atoms with Gasteiger partial charge < -0.3 is 15.5 Å². The molecule has 0 spiro atoms. The summed E-state index contributed by atoms with van der Waals surface area (Å²) >= 11 is 0. The van der Waals surface area contributed by atoms with E-state index >= 15 is 0 Å². The van der Waals surface area contributed by atoms with Crippen molar-refractivity contribution in [1.29, 1.82) is 5.26 Å². The zero-order valence-corrected chi connectivity index (χ0v) is 17.7. The number of nitrogens with zero attached hydrogens (tertiary/aromatic N) is 3. The van der Waals surface area contributed by atoms with Crippen molar-refractivity contribution in [1.82, 2.24) is 15.6 Å². The number of piperidine rings is 2. The number of carbonyl (C=O) groups is 1. The monoisotopic (exact) mass is 405 g/mol. The molecule has 0 radical (unpaired) electrons. The zero-order chi connectivity index (χ0) is 20.9. The SMILES string of the molecule is C[C@H]1C[C@@H](NC(=O)CCC2CCCCN2)CN(c2ccc(C#N)c3ncccc23)C1. The highest BCUT2D eigenvalue weighted by molar-refractivity contribution is 5.95. The molecule has 2 saturated heterocycles. The number of hydrogen-bond donors (Lipinski definition) is 2. The Bertz CT molecular complexity index is 931. The Hall–Kier alpha value is -2.65. The first kappa shape index (κ1) is 20.6. The predicted octanol–water partition coefficient (Wildman–Crippen LogP) is 3.36. The van der Waals surface area contributed by atoms with Gasteiger partial charge >= 0.3 is 0 Å². The number of hydrogen-bond acceptors (Lipinski definition) is 5. The van der Waals surface area contributed by atoms with Gasteiger partial charge in [-0.25, -0.2) is 0 Å². The quantitative estimate of drug-likeness (QED) is 0.797. The molecule has 1 unspecified atom stereocenters. The highest BCUT2D eigenvalue weighted by Crippen LogP contribution is 2.31. The molecule has 6 heteroatoms. The lowest BCUT2D eigenvalue weighted by Crippen LogP contribution is -2.50. The maximum absolute atomic E-state index is 12.6. The van der Waals surface area contributed by atoms with Crippen LogP contribution in [0.2, 0.25) is 0 Å². The summed E-state index contributed by atoms with van der Waals surface area (Å²) < 4.78 is 0. The molecule has 30 heavy (non-hydrogen) atoms. The number of benzene rings is 1. The summed E-state index contributed by atoms with van der Waals surface area (Å²) in [6, 6.07) is 10.7. The van der Waals surface area contributed by atoms with Crippen molar-refractivity contribution in [2.75, 3.05) is 24.5 Å². The number of aromatic nitrogens is 1. The van der Waals surface area contributed by atoms with E-state index in [0.29, 0.717) is 23.9 Å². The summed E-state index contributed by atoms with van der Waals surface area (Å²) in [6.45, 7) is 5.04. The van der Waals surface area contributed by atoms with Crippen LogP contribution >= 0.6 is 0 Å². The van der Waals surface area contributed by atoms with Crippen molar-refractivity contribution < 1.29 is 4.79 Å². The molecule has 1 amide bonds. The Morgan fingerprint density at radius 2 is 2.23 bits per heavy atom. The first-order valence-corrected chi connectivity index (χ1v) is 11.2. The third-order valence-electron chi connectivity index (χ3n) is 6.36. The van der Waals surface area contributed by atoms with E-state index in [1.807, 2.05) is 24.3 Å². The van der Waals surface area contributed by atoms with Crippen LogP contribution in [0.1, 0.15) is 51.0 Å². The van der Waals surface area contributed by atoms with Crippen molar-refractivity contribution in [2.45, 2.75) is 57.5 Å². The Morgan fingerprint density at radius 3 is 3.03 bits per heavy atom. The molecule has 3 atom stereocenters. The van der Waals surface area contributed by atoms with Crippen LogP contribution in [0.4, 0.5) is 5.69 Å². The van der Waals surface area contributed by atoms with Crippen LogP contribution in [-0.2, 0) is 4.79 Å². The maximum atomic E-state index is 12.6. The van der Waals surface area contributed by atoms with Gasteiger partial charge in [0.05, 0.1) is 11.1 Å². The first-order chi connectivity index (χ1) is 14.6. The van der Waals surface area contributed by atoms with Crippen LogP contribution in [0.3, 0.4) is 0 Å². The van der Waals surface area contributed by atoms with Crippen LogP contribution in [0.25, 0.3) is 10.9 Å². The van der Waals surface area contributed by atoms with E-state index in [2.05, 4.69) is 33.5 Å². The second kappa shape index (κ2) is 9.44. The molecule has 158 valence electrons. The van der Waals surface area contributed by atoms with Crippen molar-refractivity contribution in [3.05, 3.63) is 36.0 Å². The first-order valence-electron chi connectivity index (χ1n) is 11.2. The number of anilines is 1. The lowest BCUT2D eigenvalue weighted by Gasteiger charge is -2.39. The number of amides is 1. The fourth-order valence-electron chi connectivity index (χ4n) is 4.95. The molecule has 4 rings (SSSR count). The lowest BCUT2D eigenvalue weighted by molar-refractivity contribution is -0.122. The van der Waals surface area contributed by atoms with Crippen molar-refractivity contribution in [2.24, 2.45) is 5.92 Å². The van der Waals surface area contributed by atoms with E-state index in [1.54, 1.807) is 6.20 Å². The summed E-state index contributed by atoms with van der Waals surface area (Å²) in [5.41, 5.74) is 2.44. The number of rotatable bonds is 5. The topological polar surface area (TPSA) is 81.0 Å². The molecule has 0 saturated carbocycles. The molecule has 2 aliphatic rings. The lowest BCUT2D eigenvalue weighted by atomic mass is 9.94. The average Bonchev–Trinajstić information content (AvgIpc) is 2.77. The Morgan fingerprint density at radius 1 is 1.33 bits per heavy atom. The van der Waals surface area contributed by atoms with Crippen molar-refractivity contribution >= 4 is 22.5 Å². The van der Waals surface area contributed by atoms with Gasteiger partial charge in [-0.1, -0.05) is 13.3 Å². The van der Waals surface area contributed by atoms with E-state index < -0.39 is 0 Å². The molecule has 2 aliphatic heterocycles. The predicted molar refractivity (Wildman–Crippen MR) is 119 cm³/mol. The van der Waals surface area contributed by atoms with Gasteiger partial charge in [0.1, 0.15) is 6.07 Å². The second-order valence-corrected chi connectivity index (χ2v) is 8.84. The molecule has 0 aliphatic carbocycles. The fourth-order valence-corrected chi connectivity index (χ4v) is 4.95. The molecule has 1 aromatic carbocycles. The summed E-state index contributed by atoms with van der Waals surface area (Å²) in [5, 5.41) is 17.2. The minimum atomic E-state index is 0.142. The van der Waals surface area contributed by atoms with Gasteiger partial charge in [0, 0.05) is 48.9 Å². The Kier molecular flexibility index (Phi) is 6.49. The molecule has 2 fully saturated rings.